The molecule has 0 radical (unpaired) electrons. The number of nitrogens with one attached hydrogen (secondary N) is 1. The van der Waals surface area contributed by atoms with Crippen LogP contribution in [0.15, 0.2) is 30.3 Å². The summed E-state index contributed by atoms with van der Waals surface area (Å²) in [5.41, 5.74) is 2.76. The molecule has 0 fully saturated rings. The van der Waals surface area contributed by atoms with E-state index < -0.39 is 0 Å². The first-order valence-corrected chi connectivity index (χ1v) is 9.01. The highest BCUT2D eigenvalue weighted by atomic mass is 35.5. The lowest BCUT2D eigenvalue weighted by atomic mass is 10.2. The fourth-order valence-corrected chi connectivity index (χ4v) is 3.88. The van der Waals surface area contributed by atoms with Gasteiger partial charge in [-0.25, -0.2) is 9.97 Å². The van der Waals surface area contributed by atoms with Gasteiger partial charge in [0, 0.05) is 11.5 Å². The minimum Gasteiger partial charge on any atom is -0.493 e. The fraction of sp³-hybridized carbons (Fsp3) is 0.167. The van der Waals surface area contributed by atoms with Crippen molar-refractivity contribution in [3.63, 3.8) is 0 Å². The van der Waals surface area contributed by atoms with Crippen LogP contribution < -0.4 is 14.8 Å². The number of hydrogen-bond donors (Lipinski definition) is 1. The van der Waals surface area contributed by atoms with Gasteiger partial charge in [-0.15, -0.1) is 0 Å². The van der Waals surface area contributed by atoms with Gasteiger partial charge in [0.25, 0.3) is 0 Å². The molecule has 1 N–H and O–H groups in total. The van der Waals surface area contributed by atoms with E-state index in [2.05, 4.69) is 20.3 Å². The second-order valence-corrected chi connectivity index (χ2v) is 7.00. The van der Waals surface area contributed by atoms with Crippen molar-refractivity contribution in [1.82, 2.24) is 15.0 Å². The number of nitrogens with zero attached hydrogens (tertiary/aromatic N) is 3. The maximum atomic E-state index is 6.11. The molecule has 0 amide bonds. The summed E-state index contributed by atoms with van der Waals surface area (Å²) in [6.07, 6.45) is 0. The van der Waals surface area contributed by atoms with Crippen molar-refractivity contribution in [2.45, 2.75) is 6.92 Å². The number of aromatic nitrogens is 3. The molecule has 0 aliphatic rings. The summed E-state index contributed by atoms with van der Waals surface area (Å²) in [4.78, 5) is 13.3. The van der Waals surface area contributed by atoms with Crippen molar-refractivity contribution >= 4 is 55.0 Å². The lowest BCUT2D eigenvalue weighted by Gasteiger charge is -2.11. The predicted molar refractivity (Wildman–Crippen MR) is 105 cm³/mol. The van der Waals surface area contributed by atoms with Crippen molar-refractivity contribution < 1.29 is 9.47 Å². The number of ether oxygens (including phenoxy) is 2. The summed E-state index contributed by atoms with van der Waals surface area (Å²) in [6.45, 7) is 2.04. The first-order valence-electron chi connectivity index (χ1n) is 7.81. The number of thiazole rings is 1. The Morgan fingerprint density at radius 1 is 1.04 bits per heavy atom. The maximum Gasteiger partial charge on any atom is 0.224 e. The monoisotopic (exact) mass is 386 g/mol. The Morgan fingerprint density at radius 2 is 1.81 bits per heavy atom. The summed E-state index contributed by atoms with van der Waals surface area (Å²) in [6, 6.07) is 9.71. The van der Waals surface area contributed by atoms with Gasteiger partial charge in [-0.3, -0.25) is 0 Å². The average molecular weight is 387 g/mol. The fourth-order valence-electron chi connectivity index (χ4n) is 2.76. The molecule has 2 aromatic carbocycles. The molecule has 26 heavy (non-hydrogen) atoms. The molecule has 0 aliphatic carbocycles. The van der Waals surface area contributed by atoms with Crippen LogP contribution in [-0.4, -0.2) is 29.2 Å². The molecule has 0 spiro atoms. The van der Waals surface area contributed by atoms with E-state index in [1.807, 2.05) is 31.2 Å². The Labute approximate surface area is 158 Å². The number of methoxy groups -OCH3 is 2. The van der Waals surface area contributed by atoms with Gasteiger partial charge in [-0.1, -0.05) is 23.5 Å². The van der Waals surface area contributed by atoms with Gasteiger partial charge >= 0.3 is 0 Å². The number of hydrogen-bond acceptors (Lipinski definition) is 7. The molecular weight excluding hydrogens is 372 g/mol. The van der Waals surface area contributed by atoms with Crippen LogP contribution >= 0.6 is 22.9 Å². The van der Waals surface area contributed by atoms with Crippen molar-refractivity contribution in [3.8, 4) is 11.5 Å². The summed E-state index contributed by atoms with van der Waals surface area (Å²) >= 11 is 7.67. The largest absolute Gasteiger partial charge is 0.493 e. The second-order valence-electron chi connectivity index (χ2n) is 5.63. The van der Waals surface area contributed by atoms with E-state index >= 15 is 0 Å². The van der Waals surface area contributed by atoms with Crippen molar-refractivity contribution in [2.24, 2.45) is 0 Å². The predicted octanol–water partition coefficient (Wildman–Crippen LogP) is 4.96. The van der Waals surface area contributed by atoms with Crippen LogP contribution in [-0.2, 0) is 0 Å². The summed E-state index contributed by atoms with van der Waals surface area (Å²) in [7, 11) is 3.17. The van der Waals surface area contributed by atoms with Crippen LogP contribution in [0.2, 0.25) is 5.28 Å². The van der Waals surface area contributed by atoms with Gasteiger partial charge in [0.05, 0.1) is 30.0 Å². The van der Waals surface area contributed by atoms with E-state index in [-0.39, 0.29) is 5.28 Å². The Morgan fingerprint density at radius 3 is 2.54 bits per heavy atom. The Bertz CT molecular complexity index is 1130. The number of fused-ring (bicyclic) bond motifs is 2. The highest BCUT2D eigenvalue weighted by Gasteiger charge is 2.14. The highest BCUT2D eigenvalue weighted by Crippen LogP contribution is 2.36. The molecular formula is C18H15ClN4O2S. The molecule has 0 unspecified atom stereocenters. The number of benzene rings is 2. The molecule has 0 bridgehead atoms. The quantitative estimate of drug-likeness (QED) is 0.500. The zero-order valence-electron chi connectivity index (χ0n) is 14.3. The van der Waals surface area contributed by atoms with E-state index in [4.69, 9.17) is 21.1 Å². The molecule has 0 saturated heterocycles. The van der Waals surface area contributed by atoms with Crippen LogP contribution in [0.1, 0.15) is 5.56 Å². The smallest absolute Gasteiger partial charge is 0.224 e. The standard InChI is InChI=1S/C18H15ClN4O2S/c1-9-5-4-6-14-15(9)21-18(26-14)23-16-10-7-12(24-2)13(25-3)8-11(10)20-17(19)22-16/h4-8H,1-3H3,(H,20,21,22,23). The molecule has 2 heterocycles. The molecule has 132 valence electrons. The summed E-state index contributed by atoms with van der Waals surface area (Å²) in [5, 5.41) is 4.91. The molecule has 6 nitrogen and oxygen atoms in total. The Kier molecular flexibility index (Phi) is 4.26. The van der Waals surface area contributed by atoms with Crippen LogP contribution in [0, 0.1) is 6.92 Å². The molecule has 2 aromatic heterocycles. The number of aryl methyl sites for hydroxylation is 1. The van der Waals surface area contributed by atoms with E-state index in [1.54, 1.807) is 31.6 Å². The topological polar surface area (TPSA) is 69.2 Å². The maximum absolute atomic E-state index is 6.11. The van der Waals surface area contributed by atoms with Crippen molar-refractivity contribution in [2.75, 3.05) is 19.5 Å². The summed E-state index contributed by atoms with van der Waals surface area (Å²) in [5.74, 6) is 1.74. The van der Waals surface area contributed by atoms with E-state index in [9.17, 15) is 0 Å². The molecule has 0 aliphatic heterocycles. The SMILES string of the molecule is COc1cc2nc(Cl)nc(Nc3nc4c(C)cccc4s3)c2cc1OC. The van der Waals surface area contributed by atoms with Gasteiger partial charge in [0.2, 0.25) is 5.28 Å². The van der Waals surface area contributed by atoms with Gasteiger partial charge in [-0.2, -0.15) is 4.98 Å². The Hall–Kier alpha value is -2.64. The zero-order chi connectivity index (χ0) is 18.3. The van der Waals surface area contributed by atoms with E-state index in [1.165, 1.54) is 0 Å². The molecule has 4 rings (SSSR count). The zero-order valence-corrected chi connectivity index (χ0v) is 15.9. The van der Waals surface area contributed by atoms with Crippen LogP contribution in [0.3, 0.4) is 0 Å². The third-order valence-electron chi connectivity index (χ3n) is 4.02. The van der Waals surface area contributed by atoms with Gasteiger partial charge in [0.15, 0.2) is 16.6 Å². The molecule has 0 atom stereocenters. The van der Waals surface area contributed by atoms with E-state index in [0.29, 0.717) is 22.8 Å². The first kappa shape index (κ1) is 16.8. The average Bonchev–Trinajstić information content (AvgIpc) is 3.04. The second kappa shape index (κ2) is 6.59. The minimum absolute atomic E-state index is 0.143. The van der Waals surface area contributed by atoms with Crippen molar-refractivity contribution in [1.29, 1.82) is 0 Å². The van der Waals surface area contributed by atoms with Gasteiger partial charge in [0.1, 0.15) is 5.82 Å². The normalized spacial score (nSPS) is 11.1. The lowest BCUT2D eigenvalue weighted by molar-refractivity contribution is 0.356. The Balaban J connectivity index is 1.85. The lowest BCUT2D eigenvalue weighted by Crippen LogP contribution is -1.98. The summed E-state index contributed by atoms with van der Waals surface area (Å²) < 4.78 is 11.8. The van der Waals surface area contributed by atoms with Crippen LogP contribution in [0.5, 0.6) is 11.5 Å². The molecule has 4 aromatic rings. The van der Waals surface area contributed by atoms with Gasteiger partial charge < -0.3 is 14.8 Å². The van der Waals surface area contributed by atoms with Gasteiger partial charge in [-0.05, 0) is 36.2 Å². The first-order chi connectivity index (χ1) is 12.6. The van der Waals surface area contributed by atoms with Crippen molar-refractivity contribution in [3.05, 3.63) is 41.2 Å². The van der Waals surface area contributed by atoms with Crippen LogP contribution in [0.4, 0.5) is 10.9 Å². The number of halogens is 1. The number of rotatable bonds is 4. The minimum atomic E-state index is 0.143. The third-order valence-corrected chi connectivity index (χ3v) is 5.12. The highest BCUT2D eigenvalue weighted by molar-refractivity contribution is 7.22. The van der Waals surface area contributed by atoms with E-state index in [0.717, 1.165) is 26.3 Å². The number of anilines is 2. The van der Waals surface area contributed by atoms with Crippen LogP contribution in [0.25, 0.3) is 21.1 Å². The molecule has 8 heteroatoms. The third kappa shape index (κ3) is 2.89. The number of para-hydroxylation sites is 1. The molecule has 0 saturated carbocycles.